The van der Waals surface area contributed by atoms with E-state index in [4.69, 9.17) is 5.11 Å². The van der Waals surface area contributed by atoms with Crippen molar-refractivity contribution >= 4 is 23.2 Å². The van der Waals surface area contributed by atoms with Gasteiger partial charge in [-0.25, -0.2) is 9.78 Å². The maximum atomic E-state index is 11.0. The molecule has 1 aliphatic rings. The predicted octanol–water partition coefficient (Wildman–Crippen LogP) is 2.42. The molecule has 0 radical (unpaired) electrons. The van der Waals surface area contributed by atoms with Crippen molar-refractivity contribution in [1.82, 2.24) is 20.1 Å². The van der Waals surface area contributed by atoms with Crippen molar-refractivity contribution in [3.63, 3.8) is 0 Å². The van der Waals surface area contributed by atoms with Gasteiger partial charge in [0.05, 0.1) is 35.5 Å². The predicted molar refractivity (Wildman–Crippen MR) is 96.3 cm³/mol. The molecule has 0 aromatic carbocycles. The van der Waals surface area contributed by atoms with Crippen LogP contribution in [0.4, 0.5) is 21.9 Å². The van der Waals surface area contributed by atoms with Crippen LogP contribution in [0.2, 0.25) is 0 Å². The highest BCUT2D eigenvalue weighted by Crippen LogP contribution is 2.26. The topological polar surface area (TPSA) is 128 Å². The first-order valence-corrected chi connectivity index (χ1v) is 8.47. The average molecular weight is 355 g/mol. The number of aromatic nitrogens is 3. The number of pyridine rings is 1. The van der Waals surface area contributed by atoms with E-state index in [1.54, 1.807) is 23.3 Å². The minimum Gasteiger partial charge on any atom is -0.465 e. The summed E-state index contributed by atoms with van der Waals surface area (Å²) in [6, 6.07) is 3.72. The van der Waals surface area contributed by atoms with Gasteiger partial charge in [0.15, 0.2) is 5.69 Å². The van der Waals surface area contributed by atoms with Crippen LogP contribution in [0.1, 0.15) is 31.4 Å². The van der Waals surface area contributed by atoms with Gasteiger partial charge in [0.2, 0.25) is 0 Å². The van der Waals surface area contributed by atoms with E-state index in [2.05, 4.69) is 32.1 Å². The Morgan fingerprint density at radius 2 is 2.08 bits per heavy atom. The van der Waals surface area contributed by atoms with E-state index in [0.717, 1.165) is 37.1 Å². The third-order valence-corrected chi connectivity index (χ3v) is 4.40. The minimum atomic E-state index is -1.01. The fourth-order valence-electron chi connectivity index (χ4n) is 3.22. The molecular formula is C17H21N7O2. The van der Waals surface area contributed by atoms with E-state index in [9.17, 15) is 10.1 Å². The number of aryl methyl sites for hydroxylation is 1. The van der Waals surface area contributed by atoms with Crippen molar-refractivity contribution in [2.24, 2.45) is 7.05 Å². The Hall–Kier alpha value is -3.28. The molecule has 1 saturated carbocycles. The van der Waals surface area contributed by atoms with Crippen LogP contribution < -0.4 is 16.0 Å². The Morgan fingerprint density at radius 3 is 2.73 bits per heavy atom. The lowest BCUT2D eigenvalue weighted by molar-refractivity contribution is 0.184. The summed E-state index contributed by atoms with van der Waals surface area (Å²) in [5.74, 6) is 0. The van der Waals surface area contributed by atoms with Crippen molar-refractivity contribution in [1.29, 1.82) is 5.26 Å². The number of carboxylic acid groups (broad SMARTS) is 1. The largest absolute Gasteiger partial charge is 0.465 e. The highest BCUT2D eigenvalue weighted by atomic mass is 16.4. The summed E-state index contributed by atoms with van der Waals surface area (Å²) in [6.07, 6.45) is 7.76. The number of nitrogens with one attached hydrogen (secondary N) is 3. The summed E-state index contributed by atoms with van der Waals surface area (Å²) in [5, 5.41) is 31.5. The van der Waals surface area contributed by atoms with E-state index in [-0.39, 0.29) is 17.8 Å². The standard InChI is InChI=1S/C17H21N7O2/c1-24-10-12(9-20-24)22-15-6-11(8-19-16(15)7-18)21-13-4-2-3-5-14(13)23-17(25)26/h6,8-10,13-14,21-23H,2-5H2,1H3,(H,25,26)/t13-,14+/m1/s1. The second-order valence-corrected chi connectivity index (χ2v) is 6.35. The number of rotatable bonds is 5. The zero-order valence-electron chi connectivity index (χ0n) is 14.4. The molecule has 0 unspecified atom stereocenters. The Bertz CT molecular complexity index is 827. The molecular weight excluding hydrogens is 334 g/mol. The van der Waals surface area contributed by atoms with Gasteiger partial charge in [-0.2, -0.15) is 10.4 Å². The van der Waals surface area contributed by atoms with Crippen LogP contribution >= 0.6 is 0 Å². The molecule has 1 amide bonds. The molecule has 0 spiro atoms. The maximum absolute atomic E-state index is 11.0. The van der Waals surface area contributed by atoms with Gasteiger partial charge in [0, 0.05) is 19.3 Å². The third kappa shape index (κ3) is 4.22. The Kier molecular flexibility index (Phi) is 5.22. The normalized spacial score (nSPS) is 19.4. The fraction of sp³-hybridized carbons (Fsp3) is 0.412. The average Bonchev–Trinajstić information content (AvgIpc) is 3.01. The molecule has 1 fully saturated rings. The summed E-state index contributed by atoms with van der Waals surface area (Å²) in [4.78, 5) is 15.2. The molecule has 4 N–H and O–H groups in total. The number of hydrogen-bond donors (Lipinski definition) is 4. The first kappa shape index (κ1) is 17.5. The molecule has 2 aromatic heterocycles. The van der Waals surface area contributed by atoms with E-state index < -0.39 is 6.09 Å². The number of nitrogens with zero attached hydrogens (tertiary/aromatic N) is 4. The second-order valence-electron chi connectivity index (χ2n) is 6.35. The molecule has 0 aliphatic heterocycles. The monoisotopic (exact) mass is 355 g/mol. The van der Waals surface area contributed by atoms with E-state index in [1.807, 2.05) is 13.1 Å². The molecule has 2 aromatic rings. The SMILES string of the molecule is Cn1cc(Nc2cc(N[C@@H]3CCCC[C@@H]3NC(=O)O)cnc2C#N)cn1. The van der Waals surface area contributed by atoms with Crippen LogP contribution in [-0.2, 0) is 7.05 Å². The number of nitriles is 1. The second kappa shape index (κ2) is 7.74. The Labute approximate surface area is 151 Å². The summed E-state index contributed by atoms with van der Waals surface area (Å²) in [6.45, 7) is 0. The minimum absolute atomic E-state index is 0.0131. The van der Waals surface area contributed by atoms with Crippen LogP contribution in [0.3, 0.4) is 0 Å². The first-order chi connectivity index (χ1) is 12.5. The van der Waals surface area contributed by atoms with Gasteiger partial charge in [-0.3, -0.25) is 4.68 Å². The highest BCUT2D eigenvalue weighted by Gasteiger charge is 2.26. The maximum Gasteiger partial charge on any atom is 0.404 e. The lowest BCUT2D eigenvalue weighted by Gasteiger charge is -2.32. The summed E-state index contributed by atoms with van der Waals surface area (Å²) in [7, 11) is 1.81. The van der Waals surface area contributed by atoms with Gasteiger partial charge in [0.1, 0.15) is 6.07 Å². The van der Waals surface area contributed by atoms with Crippen molar-refractivity contribution < 1.29 is 9.90 Å². The number of amides is 1. The molecule has 0 bridgehead atoms. The van der Waals surface area contributed by atoms with Gasteiger partial charge >= 0.3 is 6.09 Å². The summed E-state index contributed by atoms with van der Waals surface area (Å²) in [5.41, 5.74) is 2.35. The first-order valence-electron chi connectivity index (χ1n) is 8.47. The Morgan fingerprint density at radius 1 is 1.31 bits per heavy atom. The molecule has 3 rings (SSSR count). The molecule has 9 heteroatoms. The zero-order valence-corrected chi connectivity index (χ0v) is 14.4. The van der Waals surface area contributed by atoms with Crippen molar-refractivity contribution in [2.75, 3.05) is 10.6 Å². The molecule has 136 valence electrons. The van der Waals surface area contributed by atoms with Gasteiger partial charge in [-0.05, 0) is 18.9 Å². The molecule has 2 atom stereocenters. The Balaban J connectivity index is 1.78. The zero-order chi connectivity index (χ0) is 18.5. The molecule has 1 aliphatic carbocycles. The number of carbonyl (C=O) groups is 1. The molecule has 2 heterocycles. The number of anilines is 3. The van der Waals surface area contributed by atoms with Crippen molar-refractivity contribution in [3.8, 4) is 6.07 Å². The van der Waals surface area contributed by atoms with Crippen LogP contribution in [0, 0.1) is 11.3 Å². The lowest BCUT2D eigenvalue weighted by atomic mass is 9.90. The van der Waals surface area contributed by atoms with Gasteiger partial charge in [-0.15, -0.1) is 0 Å². The summed E-state index contributed by atoms with van der Waals surface area (Å²) >= 11 is 0. The van der Waals surface area contributed by atoms with Crippen LogP contribution in [0.25, 0.3) is 0 Å². The van der Waals surface area contributed by atoms with Crippen LogP contribution in [0.15, 0.2) is 24.7 Å². The quantitative estimate of drug-likeness (QED) is 0.648. The van der Waals surface area contributed by atoms with Gasteiger partial charge < -0.3 is 21.1 Å². The van der Waals surface area contributed by atoms with Crippen LogP contribution in [0.5, 0.6) is 0 Å². The molecule has 9 nitrogen and oxygen atoms in total. The van der Waals surface area contributed by atoms with Gasteiger partial charge in [0.25, 0.3) is 0 Å². The van der Waals surface area contributed by atoms with E-state index >= 15 is 0 Å². The van der Waals surface area contributed by atoms with Crippen molar-refractivity contribution in [2.45, 2.75) is 37.8 Å². The molecule has 26 heavy (non-hydrogen) atoms. The van der Waals surface area contributed by atoms with Gasteiger partial charge in [-0.1, -0.05) is 12.8 Å². The number of hydrogen-bond acceptors (Lipinski definition) is 6. The van der Waals surface area contributed by atoms with Crippen molar-refractivity contribution in [3.05, 3.63) is 30.4 Å². The smallest absolute Gasteiger partial charge is 0.404 e. The van der Waals surface area contributed by atoms with E-state index in [1.165, 1.54) is 0 Å². The van der Waals surface area contributed by atoms with Crippen LogP contribution in [-0.4, -0.2) is 38.0 Å². The third-order valence-electron chi connectivity index (χ3n) is 4.40. The van der Waals surface area contributed by atoms with E-state index in [0.29, 0.717) is 5.69 Å². The highest BCUT2D eigenvalue weighted by molar-refractivity contribution is 5.68. The lowest BCUT2D eigenvalue weighted by Crippen LogP contribution is -2.48. The fourth-order valence-corrected chi connectivity index (χ4v) is 3.22. The molecule has 0 saturated heterocycles. The summed E-state index contributed by atoms with van der Waals surface area (Å²) < 4.78 is 1.66.